The average molecular weight is 265 g/mol. The molecule has 0 unspecified atom stereocenters. The molecule has 17 heavy (non-hydrogen) atoms. The summed E-state index contributed by atoms with van der Waals surface area (Å²) in [6.07, 6.45) is 1.61. The first-order chi connectivity index (χ1) is 7.83. The number of rotatable bonds is 6. The third-order valence-electron chi connectivity index (χ3n) is 3.01. The number of hydrogen-bond donors (Lipinski definition) is 2. The number of ether oxygens (including phenoxy) is 1. The van der Waals surface area contributed by atoms with E-state index in [0.29, 0.717) is 38.4 Å². The molecule has 0 aromatic carbocycles. The fraction of sp³-hybridized carbons (Fsp3) is 1.00. The zero-order chi connectivity index (χ0) is 12.9. The Morgan fingerprint density at radius 3 is 2.47 bits per heavy atom. The molecule has 0 aliphatic carbocycles. The lowest BCUT2D eigenvalue weighted by Gasteiger charge is -2.32. The van der Waals surface area contributed by atoms with Crippen molar-refractivity contribution in [2.24, 2.45) is 5.92 Å². The Balaban J connectivity index is 2.37. The van der Waals surface area contributed by atoms with Crippen LogP contribution in [-0.4, -0.2) is 44.6 Å². The monoisotopic (exact) mass is 265 g/mol. The van der Waals surface area contributed by atoms with E-state index in [9.17, 15) is 13.5 Å². The van der Waals surface area contributed by atoms with Crippen molar-refractivity contribution in [1.82, 2.24) is 4.72 Å². The molecule has 0 atom stereocenters. The maximum Gasteiger partial charge on any atom is 0.211 e. The second-order valence-corrected chi connectivity index (χ2v) is 7.09. The van der Waals surface area contributed by atoms with Gasteiger partial charge in [-0.25, -0.2) is 13.1 Å². The first-order valence-corrected chi connectivity index (χ1v) is 7.76. The molecule has 1 fully saturated rings. The highest BCUT2D eigenvalue weighted by Crippen LogP contribution is 2.19. The van der Waals surface area contributed by atoms with E-state index in [2.05, 4.69) is 4.72 Å². The molecule has 1 aliphatic rings. The predicted octanol–water partition coefficient (Wildman–Crippen LogP) is 0.493. The molecule has 2 N–H and O–H groups in total. The second kappa shape index (κ2) is 6.13. The van der Waals surface area contributed by atoms with Gasteiger partial charge >= 0.3 is 0 Å². The van der Waals surface area contributed by atoms with Crippen LogP contribution in [0.2, 0.25) is 0 Å². The first kappa shape index (κ1) is 14.9. The smallest absolute Gasteiger partial charge is 0.211 e. The van der Waals surface area contributed by atoms with Crippen molar-refractivity contribution in [2.45, 2.75) is 38.7 Å². The number of nitrogens with one attached hydrogen (secondary N) is 1. The molecule has 0 radical (unpaired) electrons. The molecule has 0 saturated carbocycles. The minimum Gasteiger partial charge on any atom is -0.388 e. The average Bonchev–Trinajstić information content (AvgIpc) is 2.26. The lowest BCUT2D eigenvalue weighted by molar-refractivity contribution is -0.0588. The first-order valence-electron chi connectivity index (χ1n) is 6.10. The molecule has 5 nitrogen and oxygen atoms in total. The summed E-state index contributed by atoms with van der Waals surface area (Å²) in [6.45, 7) is 5.05. The van der Waals surface area contributed by atoms with Gasteiger partial charge in [-0.15, -0.1) is 0 Å². The SMILES string of the molecule is CC(C)CCS(=O)(=O)NCC1(O)CCOCC1. The second-order valence-electron chi connectivity index (χ2n) is 5.16. The van der Waals surface area contributed by atoms with Gasteiger partial charge in [-0.05, 0) is 12.3 Å². The van der Waals surface area contributed by atoms with Gasteiger partial charge in [0.05, 0.1) is 11.4 Å². The third kappa shape index (κ3) is 5.81. The Kier molecular flexibility index (Phi) is 5.37. The van der Waals surface area contributed by atoms with Crippen molar-refractivity contribution in [3.63, 3.8) is 0 Å². The standard InChI is InChI=1S/C11H23NO4S/c1-10(2)3-8-17(14,15)12-9-11(13)4-6-16-7-5-11/h10,12-13H,3-9H2,1-2H3. The normalized spacial score (nSPS) is 20.7. The minimum atomic E-state index is -3.26. The number of hydrogen-bond acceptors (Lipinski definition) is 4. The van der Waals surface area contributed by atoms with Gasteiger partial charge in [0.1, 0.15) is 0 Å². The summed E-state index contributed by atoms with van der Waals surface area (Å²) in [6, 6.07) is 0. The van der Waals surface area contributed by atoms with Crippen LogP contribution in [0, 0.1) is 5.92 Å². The molecule has 1 saturated heterocycles. The van der Waals surface area contributed by atoms with Crippen molar-refractivity contribution in [3.8, 4) is 0 Å². The number of aliphatic hydroxyl groups is 1. The van der Waals surface area contributed by atoms with Gasteiger partial charge in [-0.1, -0.05) is 13.8 Å². The third-order valence-corrected chi connectivity index (χ3v) is 4.37. The van der Waals surface area contributed by atoms with Crippen molar-refractivity contribution in [3.05, 3.63) is 0 Å². The zero-order valence-electron chi connectivity index (χ0n) is 10.6. The Morgan fingerprint density at radius 1 is 1.35 bits per heavy atom. The summed E-state index contributed by atoms with van der Waals surface area (Å²) in [7, 11) is -3.26. The molecule has 0 aromatic rings. The Hall–Kier alpha value is -0.170. The summed E-state index contributed by atoms with van der Waals surface area (Å²) in [5, 5.41) is 10.1. The molecule has 1 heterocycles. The van der Waals surface area contributed by atoms with E-state index in [4.69, 9.17) is 4.74 Å². The van der Waals surface area contributed by atoms with Gasteiger partial charge < -0.3 is 9.84 Å². The van der Waals surface area contributed by atoms with E-state index in [0.717, 1.165) is 0 Å². The minimum absolute atomic E-state index is 0.0940. The molecule has 1 rings (SSSR count). The van der Waals surface area contributed by atoms with Gasteiger partial charge in [0.25, 0.3) is 0 Å². The quantitative estimate of drug-likeness (QED) is 0.733. The van der Waals surface area contributed by atoms with Crippen LogP contribution in [-0.2, 0) is 14.8 Å². The van der Waals surface area contributed by atoms with Gasteiger partial charge in [0, 0.05) is 32.6 Å². The highest BCUT2D eigenvalue weighted by Gasteiger charge is 2.31. The Bertz CT molecular complexity index is 320. The van der Waals surface area contributed by atoms with Gasteiger partial charge in [-0.3, -0.25) is 0 Å². The van der Waals surface area contributed by atoms with Crippen molar-refractivity contribution < 1.29 is 18.3 Å². The predicted molar refractivity (Wildman–Crippen MR) is 66.2 cm³/mol. The van der Waals surface area contributed by atoms with Crippen LogP contribution < -0.4 is 4.72 Å². The molecule has 0 amide bonds. The topological polar surface area (TPSA) is 75.6 Å². The van der Waals surface area contributed by atoms with Crippen molar-refractivity contribution in [2.75, 3.05) is 25.5 Å². The van der Waals surface area contributed by atoms with E-state index >= 15 is 0 Å². The summed E-state index contributed by atoms with van der Waals surface area (Å²) in [5.74, 6) is 0.481. The Morgan fingerprint density at radius 2 is 1.94 bits per heavy atom. The van der Waals surface area contributed by atoms with Crippen molar-refractivity contribution in [1.29, 1.82) is 0 Å². The molecule has 0 bridgehead atoms. The molecular weight excluding hydrogens is 242 g/mol. The molecule has 0 spiro atoms. The van der Waals surface area contributed by atoms with E-state index in [1.165, 1.54) is 0 Å². The van der Waals surface area contributed by atoms with Gasteiger partial charge in [-0.2, -0.15) is 0 Å². The summed E-state index contributed by atoms with van der Waals surface area (Å²) >= 11 is 0. The van der Waals surface area contributed by atoms with E-state index < -0.39 is 15.6 Å². The van der Waals surface area contributed by atoms with Crippen molar-refractivity contribution >= 4 is 10.0 Å². The fourth-order valence-electron chi connectivity index (χ4n) is 1.64. The van der Waals surface area contributed by atoms with Crippen LogP contribution in [0.5, 0.6) is 0 Å². The van der Waals surface area contributed by atoms with Crippen LogP contribution in [0.4, 0.5) is 0 Å². The summed E-state index contributed by atoms with van der Waals surface area (Å²) < 4.78 is 31.0. The fourth-order valence-corrected chi connectivity index (χ4v) is 3.05. The van der Waals surface area contributed by atoms with E-state index in [1.807, 2.05) is 13.8 Å². The number of sulfonamides is 1. The zero-order valence-corrected chi connectivity index (χ0v) is 11.4. The lowest BCUT2D eigenvalue weighted by Crippen LogP contribution is -2.47. The Labute approximate surface area is 104 Å². The largest absolute Gasteiger partial charge is 0.388 e. The highest BCUT2D eigenvalue weighted by atomic mass is 32.2. The molecule has 102 valence electrons. The van der Waals surface area contributed by atoms with Crippen LogP contribution in [0.25, 0.3) is 0 Å². The van der Waals surface area contributed by atoms with Gasteiger partial charge in [0.2, 0.25) is 10.0 Å². The van der Waals surface area contributed by atoms with Gasteiger partial charge in [0.15, 0.2) is 0 Å². The highest BCUT2D eigenvalue weighted by molar-refractivity contribution is 7.89. The van der Waals surface area contributed by atoms with E-state index in [1.54, 1.807) is 0 Å². The molecule has 6 heteroatoms. The van der Waals surface area contributed by atoms with Crippen LogP contribution in [0.3, 0.4) is 0 Å². The summed E-state index contributed by atoms with van der Waals surface area (Å²) in [4.78, 5) is 0. The summed E-state index contributed by atoms with van der Waals surface area (Å²) in [5.41, 5.74) is -0.941. The van der Waals surface area contributed by atoms with E-state index in [-0.39, 0.29) is 12.3 Å². The molecular formula is C11H23NO4S. The lowest BCUT2D eigenvalue weighted by atomic mass is 9.95. The molecule has 1 aliphatic heterocycles. The molecule has 0 aromatic heterocycles. The van der Waals surface area contributed by atoms with Crippen LogP contribution >= 0.6 is 0 Å². The van der Waals surface area contributed by atoms with Crippen LogP contribution in [0.1, 0.15) is 33.1 Å². The maximum absolute atomic E-state index is 11.7. The van der Waals surface area contributed by atoms with Crippen LogP contribution in [0.15, 0.2) is 0 Å². The maximum atomic E-state index is 11.7.